The second-order valence-corrected chi connectivity index (χ2v) is 5.02. The average Bonchev–Trinajstić information content (AvgIpc) is 2.37. The highest BCUT2D eigenvalue weighted by Crippen LogP contribution is 2.23. The summed E-state index contributed by atoms with van der Waals surface area (Å²) in [4.78, 5) is 11.5. The minimum absolute atomic E-state index is 0.0483. The van der Waals surface area contributed by atoms with E-state index in [1.165, 1.54) is 13.0 Å². The van der Waals surface area contributed by atoms with Crippen molar-refractivity contribution in [2.75, 3.05) is 0 Å². The van der Waals surface area contributed by atoms with Gasteiger partial charge in [-0.2, -0.15) is 0 Å². The zero-order valence-electron chi connectivity index (χ0n) is 11.2. The Kier molecular flexibility index (Phi) is 4.40. The second-order valence-electron chi connectivity index (χ2n) is 4.58. The standard InChI is InChI=1S/C16H14ClFO2/c1-10-3-6-14(11(2)19)16(7-10)20-9-12-4-5-13(17)8-15(12)18/h3-8H,9H2,1-2H3. The van der Waals surface area contributed by atoms with E-state index in [1.54, 1.807) is 24.3 Å². The predicted molar refractivity (Wildman–Crippen MR) is 76.9 cm³/mol. The Morgan fingerprint density at radius 3 is 2.65 bits per heavy atom. The number of rotatable bonds is 4. The fourth-order valence-electron chi connectivity index (χ4n) is 1.83. The Bertz CT molecular complexity index is 653. The first-order chi connectivity index (χ1) is 9.47. The van der Waals surface area contributed by atoms with Crippen LogP contribution >= 0.6 is 11.6 Å². The molecule has 0 aromatic heterocycles. The lowest BCUT2D eigenvalue weighted by atomic mass is 10.1. The smallest absolute Gasteiger partial charge is 0.163 e. The molecule has 2 rings (SSSR count). The number of benzene rings is 2. The molecular weight excluding hydrogens is 279 g/mol. The maximum atomic E-state index is 13.7. The fraction of sp³-hybridized carbons (Fsp3) is 0.188. The van der Waals surface area contributed by atoms with Crippen molar-refractivity contribution in [1.82, 2.24) is 0 Å². The highest BCUT2D eigenvalue weighted by Gasteiger charge is 2.10. The lowest BCUT2D eigenvalue weighted by Gasteiger charge is -2.11. The van der Waals surface area contributed by atoms with Crippen LogP contribution in [0.4, 0.5) is 4.39 Å². The van der Waals surface area contributed by atoms with E-state index in [4.69, 9.17) is 16.3 Å². The van der Waals surface area contributed by atoms with Crippen molar-refractivity contribution >= 4 is 17.4 Å². The zero-order chi connectivity index (χ0) is 14.7. The van der Waals surface area contributed by atoms with Gasteiger partial charge in [0.05, 0.1) is 5.56 Å². The molecule has 0 fully saturated rings. The number of aryl methyl sites for hydroxylation is 1. The molecule has 2 aromatic rings. The summed E-state index contributed by atoms with van der Waals surface area (Å²) in [5.41, 5.74) is 1.86. The van der Waals surface area contributed by atoms with Gasteiger partial charge in [-0.1, -0.05) is 23.7 Å². The highest BCUT2D eigenvalue weighted by atomic mass is 35.5. The molecule has 0 atom stereocenters. The van der Waals surface area contributed by atoms with Crippen LogP contribution in [0.5, 0.6) is 5.75 Å². The summed E-state index contributed by atoms with van der Waals surface area (Å²) in [5, 5.41) is 0.339. The first-order valence-electron chi connectivity index (χ1n) is 6.15. The Balaban J connectivity index is 2.22. The Morgan fingerprint density at radius 1 is 1.25 bits per heavy atom. The molecule has 0 radical (unpaired) electrons. The molecule has 0 unspecified atom stereocenters. The largest absolute Gasteiger partial charge is 0.488 e. The zero-order valence-corrected chi connectivity index (χ0v) is 12.0. The molecule has 0 aliphatic carbocycles. The van der Waals surface area contributed by atoms with Crippen molar-refractivity contribution in [3.63, 3.8) is 0 Å². The molecule has 4 heteroatoms. The van der Waals surface area contributed by atoms with Crippen LogP contribution in [-0.4, -0.2) is 5.78 Å². The van der Waals surface area contributed by atoms with Crippen LogP contribution in [0.1, 0.15) is 28.4 Å². The summed E-state index contributed by atoms with van der Waals surface area (Å²) in [6.07, 6.45) is 0. The third-order valence-electron chi connectivity index (χ3n) is 2.91. The SMILES string of the molecule is CC(=O)c1ccc(C)cc1OCc1ccc(Cl)cc1F. The van der Waals surface area contributed by atoms with E-state index < -0.39 is 5.82 Å². The molecule has 0 saturated heterocycles. The maximum Gasteiger partial charge on any atom is 0.163 e. The van der Waals surface area contributed by atoms with Crippen LogP contribution in [-0.2, 0) is 6.61 Å². The fourth-order valence-corrected chi connectivity index (χ4v) is 1.99. The van der Waals surface area contributed by atoms with Crippen molar-refractivity contribution < 1.29 is 13.9 Å². The van der Waals surface area contributed by atoms with Crippen LogP contribution in [0.15, 0.2) is 36.4 Å². The summed E-state index contributed by atoms with van der Waals surface area (Å²) in [7, 11) is 0. The first kappa shape index (κ1) is 14.5. The molecular formula is C16H14ClFO2. The predicted octanol–water partition coefficient (Wildman–Crippen LogP) is 4.57. The van der Waals surface area contributed by atoms with E-state index in [0.717, 1.165) is 5.56 Å². The number of carbonyl (C=O) groups excluding carboxylic acids is 1. The summed E-state index contributed by atoms with van der Waals surface area (Å²) < 4.78 is 19.2. The molecule has 0 amide bonds. The molecule has 0 spiro atoms. The molecule has 104 valence electrons. The third kappa shape index (κ3) is 3.36. The van der Waals surface area contributed by atoms with Gasteiger partial charge in [-0.25, -0.2) is 4.39 Å². The summed E-state index contributed by atoms with van der Waals surface area (Å²) in [6.45, 7) is 3.42. The molecule has 20 heavy (non-hydrogen) atoms. The summed E-state index contributed by atoms with van der Waals surface area (Å²) in [5.74, 6) is -0.0436. The van der Waals surface area contributed by atoms with Crippen LogP contribution in [0.3, 0.4) is 0 Å². The molecule has 0 heterocycles. The lowest BCUT2D eigenvalue weighted by molar-refractivity contribution is 0.101. The van der Waals surface area contributed by atoms with E-state index in [0.29, 0.717) is 21.9 Å². The molecule has 0 saturated carbocycles. The quantitative estimate of drug-likeness (QED) is 0.772. The van der Waals surface area contributed by atoms with E-state index in [-0.39, 0.29) is 12.4 Å². The van der Waals surface area contributed by atoms with Gasteiger partial charge < -0.3 is 4.74 Å². The van der Waals surface area contributed by atoms with Crippen LogP contribution < -0.4 is 4.74 Å². The summed E-state index contributed by atoms with van der Waals surface area (Å²) >= 11 is 5.70. The summed E-state index contributed by atoms with van der Waals surface area (Å²) in [6, 6.07) is 9.73. The number of ketones is 1. The van der Waals surface area contributed by atoms with E-state index in [2.05, 4.69) is 0 Å². The van der Waals surface area contributed by atoms with Crippen molar-refractivity contribution in [1.29, 1.82) is 0 Å². The minimum Gasteiger partial charge on any atom is -0.488 e. The van der Waals surface area contributed by atoms with Gasteiger partial charge in [0, 0.05) is 10.6 Å². The molecule has 2 nitrogen and oxygen atoms in total. The molecule has 0 bridgehead atoms. The van der Waals surface area contributed by atoms with E-state index in [1.807, 2.05) is 13.0 Å². The Hall–Kier alpha value is -1.87. The van der Waals surface area contributed by atoms with Crippen molar-refractivity contribution in [3.8, 4) is 5.75 Å². The molecule has 0 aliphatic rings. The number of hydrogen-bond donors (Lipinski definition) is 0. The normalized spacial score (nSPS) is 10.4. The number of halogens is 2. The average molecular weight is 293 g/mol. The molecule has 0 N–H and O–H groups in total. The van der Waals surface area contributed by atoms with Gasteiger partial charge in [-0.15, -0.1) is 0 Å². The number of ether oxygens (including phenoxy) is 1. The highest BCUT2D eigenvalue weighted by molar-refractivity contribution is 6.30. The molecule has 2 aromatic carbocycles. The first-order valence-corrected chi connectivity index (χ1v) is 6.53. The maximum absolute atomic E-state index is 13.7. The third-order valence-corrected chi connectivity index (χ3v) is 3.15. The Morgan fingerprint density at radius 2 is 2.00 bits per heavy atom. The van der Waals surface area contributed by atoms with Crippen molar-refractivity contribution in [2.24, 2.45) is 0 Å². The Labute approximate surface area is 122 Å². The van der Waals surface area contributed by atoms with Gasteiger partial charge >= 0.3 is 0 Å². The molecule has 0 aliphatic heterocycles. The van der Waals surface area contributed by atoms with Crippen molar-refractivity contribution in [3.05, 3.63) is 63.9 Å². The van der Waals surface area contributed by atoms with Crippen molar-refractivity contribution in [2.45, 2.75) is 20.5 Å². The van der Waals surface area contributed by atoms with Crippen LogP contribution in [0, 0.1) is 12.7 Å². The number of Topliss-reactive ketones (excluding diaryl/α,β-unsaturated/α-hetero) is 1. The topological polar surface area (TPSA) is 26.3 Å². The number of carbonyl (C=O) groups is 1. The second kappa shape index (κ2) is 6.06. The van der Waals surface area contributed by atoms with Gasteiger partial charge in [0.15, 0.2) is 5.78 Å². The van der Waals surface area contributed by atoms with Gasteiger partial charge in [-0.3, -0.25) is 4.79 Å². The van der Waals surface area contributed by atoms with Gasteiger partial charge in [0.2, 0.25) is 0 Å². The van der Waals surface area contributed by atoms with E-state index in [9.17, 15) is 9.18 Å². The van der Waals surface area contributed by atoms with Crippen LogP contribution in [0.2, 0.25) is 5.02 Å². The van der Waals surface area contributed by atoms with Gasteiger partial charge in [-0.05, 0) is 43.7 Å². The van der Waals surface area contributed by atoms with Crippen LogP contribution in [0.25, 0.3) is 0 Å². The minimum atomic E-state index is -0.422. The van der Waals surface area contributed by atoms with E-state index >= 15 is 0 Å². The number of hydrogen-bond acceptors (Lipinski definition) is 2. The lowest BCUT2D eigenvalue weighted by Crippen LogP contribution is -2.03. The van der Waals surface area contributed by atoms with Gasteiger partial charge in [0.1, 0.15) is 18.2 Å². The van der Waals surface area contributed by atoms with Gasteiger partial charge in [0.25, 0.3) is 0 Å². The monoisotopic (exact) mass is 292 g/mol.